The molecule has 0 saturated carbocycles. The molecule has 4 nitrogen and oxygen atoms in total. The van der Waals surface area contributed by atoms with Gasteiger partial charge in [-0.3, -0.25) is 0 Å². The fourth-order valence-corrected chi connectivity index (χ4v) is 1.01. The molecular weight excluding hydrogens is 246 g/mol. The van der Waals surface area contributed by atoms with Gasteiger partial charge in [-0.1, -0.05) is 0 Å². The molecule has 0 aliphatic rings. The summed E-state index contributed by atoms with van der Waals surface area (Å²) >= 11 is 3.33. The van der Waals surface area contributed by atoms with Crippen LogP contribution in [-0.4, -0.2) is 42.1 Å². The van der Waals surface area contributed by atoms with E-state index in [2.05, 4.69) is 25.9 Å². The lowest BCUT2D eigenvalue weighted by atomic mass is 10.5. The summed E-state index contributed by atoms with van der Waals surface area (Å²) in [4.78, 5) is 10.3. The minimum Gasteiger partial charge on any atom is -0.462 e. The largest absolute Gasteiger partial charge is 0.462 e. The van der Waals surface area contributed by atoms with Crippen molar-refractivity contribution in [2.24, 2.45) is 0 Å². The van der Waals surface area contributed by atoms with E-state index < -0.39 is 0 Å². The Hall–Kier alpha value is -0.680. The van der Waals surface area contributed by atoms with Gasteiger partial charge in [0.05, 0.1) is 10.2 Å². The Kier molecular flexibility index (Phi) is 4.28. The Morgan fingerprint density at radius 3 is 2.79 bits per heavy atom. The standard InChI is InChI=1S/C9H14BrN3O/c1-7-8(10)6-11-9(12-7)14-5-4-13(2)3/h6H,4-5H2,1-3H3. The monoisotopic (exact) mass is 259 g/mol. The van der Waals surface area contributed by atoms with Crippen LogP contribution in [0.1, 0.15) is 5.69 Å². The number of nitrogens with zero attached hydrogens (tertiary/aromatic N) is 3. The predicted octanol–water partition coefficient (Wildman–Crippen LogP) is 1.49. The van der Waals surface area contributed by atoms with Gasteiger partial charge >= 0.3 is 6.01 Å². The molecule has 0 aliphatic heterocycles. The van der Waals surface area contributed by atoms with Gasteiger partial charge in [0.25, 0.3) is 0 Å². The summed E-state index contributed by atoms with van der Waals surface area (Å²) in [5, 5.41) is 0. The number of aryl methyl sites for hydroxylation is 1. The molecular formula is C9H14BrN3O. The smallest absolute Gasteiger partial charge is 0.316 e. The molecule has 1 rings (SSSR count). The van der Waals surface area contributed by atoms with Crippen LogP contribution in [0.25, 0.3) is 0 Å². The topological polar surface area (TPSA) is 38.2 Å². The Labute approximate surface area is 92.4 Å². The summed E-state index contributed by atoms with van der Waals surface area (Å²) in [5.74, 6) is 0. The molecule has 1 heterocycles. The van der Waals surface area contributed by atoms with Crippen molar-refractivity contribution in [2.45, 2.75) is 6.92 Å². The van der Waals surface area contributed by atoms with Crippen LogP contribution in [-0.2, 0) is 0 Å². The van der Waals surface area contributed by atoms with Crippen molar-refractivity contribution < 1.29 is 4.74 Å². The molecule has 0 radical (unpaired) electrons. The number of ether oxygens (including phenoxy) is 1. The van der Waals surface area contributed by atoms with Crippen LogP contribution < -0.4 is 4.74 Å². The van der Waals surface area contributed by atoms with Crippen LogP contribution in [0.15, 0.2) is 10.7 Å². The van der Waals surface area contributed by atoms with Crippen LogP contribution >= 0.6 is 15.9 Å². The van der Waals surface area contributed by atoms with E-state index in [4.69, 9.17) is 4.74 Å². The summed E-state index contributed by atoms with van der Waals surface area (Å²) < 4.78 is 6.27. The van der Waals surface area contributed by atoms with Crippen molar-refractivity contribution in [2.75, 3.05) is 27.2 Å². The molecule has 0 saturated heterocycles. The van der Waals surface area contributed by atoms with Crippen LogP contribution in [0.4, 0.5) is 0 Å². The zero-order chi connectivity index (χ0) is 10.6. The second-order valence-corrected chi connectivity index (χ2v) is 4.09. The van der Waals surface area contributed by atoms with Gasteiger partial charge in [-0.15, -0.1) is 0 Å². The zero-order valence-electron chi connectivity index (χ0n) is 8.62. The lowest BCUT2D eigenvalue weighted by Crippen LogP contribution is -2.20. The van der Waals surface area contributed by atoms with Crippen molar-refractivity contribution in [3.05, 3.63) is 16.4 Å². The molecule has 1 aromatic heterocycles. The normalized spacial score (nSPS) is 10.6. The first-order valence-corrected chi connectivity index (χ1v) is 5.15. The molecule has 0 bridgehead atoms. The molecule has 0 aromatic carbocycles. The molecule has 5 heteroatoms. The molecule has 0 atom stereocenters. The second kappa shape index (κ2) is 5.26. The van der Waals surface area contributed by atoms with Crippen molar-refractivity contribution in [3.63, 3.8) is 0 Å². The highest BCUT2D eigenvalue weighted by Gasteiger charge is 2.01. The van der Waals surface area contributed by atoms with E-state index in [1.807, 2.05) is 25.9 Å². The van der Waals surface area contributed by atoms with Gasteiger partial charge in [-0.25, -0.2) is 4.98 Å². The van der Waals surface area contributed by atoms with E-state index in [9.17, 15) is 0 Å². The summed E-state index contributed by atoms with van der Waals surface area (Å²) in [7, 11) is 3.99. The maximum Gasteiger partial charge on any atom is 0.316 e. The van der Waals surface area contributed by atoms with Gasteiger partial charge in [-0.05, 0) is 36.9 Å². The SMILES string of the molecule is Cc1nc(OCCN(C)C)ncc1Br. The summed E-state index contributed by atoms with van der Waals surface area (Å²) in [6.07, 6.45) is 1.70. The van der Waals surface area contributed by atoms with Crippen LogP contribution in [0.5, 0.6) is 6.01 Å². The van der Waals surface area contributed by atoms with E-state index in [0.717, 1.165) is 16.7 Å². The molecule has 0 fully saturated rings. The number of hydrogen-bond donors (Lipinski definition) is 0. The highest BCUT2D eigenvalue weighted by molar-refractivity contribution is 9.10. The first-order chi connectivity index (χ1) is 6.59. The van der Waals surface area contributed by atoms with E-state index in [1.54, 1.807) is 6.20 Å². The third-order valence-electron chi connectivity index (χ3n) is 1.67. The first kappa shape index (κ1) is 11.4. The quantitative estimate of drug-likeness (QED) is 0.822. The number of halogens is 1. The average Bonchev–Trinajstić information content (AvgIpc) is 2.10. The minimum absolute atomic E-state index is 0.438. The predicted molar refractivity (Wildman–Crippen MR) is 58.5 cm³/mol. The number of hydrogen-bond acceptors (Lipinski definition) is 4. The van der Waals surface area contributed by atoms with Crippen LogP contribution in [0.2, 0.25) is 0 Å². The molecule has 14 heavy (non-hydrogen) atoms. The van der Waals surface area contributed by atoms with E-state index in [1.165, 1.54) is 0 Å². The molecule has 0 unspecified atom stereocenters. The second-order valence-electron chi connectivity index (χ2n) is 3.24. The molecule has 0 spiro atoms. The van der Waals surface area contributed by atoms with E-state index in [-0.39, 0.29) is 0 Å². The fraction of sp³-hybridized carbons (Fsp3) is 0.556. The maximum absolute atomic E-state index is 5.37. The van der Waals surface area contributed by atoms with Gasteiger partial charge in [0.15, 0.2) is 0 Å². The lowest BCUT2D eigenvalue weighted by molar-refractivity contribution is 0.245. The third kappa shape index (κ3) is 3.59. The third-order valence-corrected chi connectivity index (χ3v) is 2.45. The first-order valence-electron chi connectivity index (χ1n) is 4.36. The fourth-order valence-electron chi connectivity index (χ4n) is 0.820. The van der Waals surface area contributed by atoms with Crippen LogP contribution in [0, 0.1) is 6.92 Å². The van der Waals surface area contributed by atoms with Crippen molar-refractivity contribution in [1.29, 1.82) is 0 Å². The number of aromatic nitrogens is 2. The van der Waals surface area contributed by atoms with Crippen LogP contribution in [0.3, 0.4) is 0 Å². The van der Waals surface area contributed by atoms with Crippen molar-refractivity contribution in [1.82, 2.24) is 14.9 Å². The Morgan fingerprint density at radius 1 is 1.50 bits per heavy atom. The van der Waals surface area contributed by atoms with Gasteiger partial charge in [0.2, 0.25) is 0 Å². The summed E-state index contributed by atoms with van der Waals surface area (Å²) in [6, 6.07) is 0.438. The Bertz CT molecular complexity index is 304. The molecule has 0 aliphatic carbocycles. The summed E-state index contributed by atoms with van der Waals surface area (Å²) in [6.45, 7) is 3.37. The van der Waals surface area contributed by atoms with Gasteiger partial charge in [-0.2, -0.15) is 4.98 Å². The van der Waals surface area contributed by atoms with Gasteiger partial charge in [0, 0.05) is 12.7 Å². The summed E-state index contributed by atoms with van der Waals surface area (Å²) in [5.41, 5.74) is 0.889. The number of rotatable bonds is 4. The molecule has 78 valence electrons. The van der Waals surface area contributed by atoms with Gasteiger partial charge in [0.1, 0.15) is 6.61 Å². The van der Waals surface area contributed by atoms with Crippen molar-refractivity contribution >= 4 is 15.9 Å². The Balaban J connectivity index is 2.47. The molecule has 1 aromatic rings. The molecule has 0 amide bonds. The lowest BCUT2D eigenvalue weighted by Gasteiger charge is -2.09. The maximum atomic E-state index is 5.37. The minimum atomic E-state index is 0.438. The highest BCUT2D eigenvalue weighted by atomic mass is 79.9. The number of likely N-dealkylation sites (N-methyl/N-ethyl adjacent to an activating group) is 1. The zero-order valence-corrected chi connectivity index (χ0v) is 10.2. The van der Waals surface area contributed by atoms with Gasteiger partial charge < -0.3 is 9.64 Å². The van der Waals surface area contributed by atoms with Crippen molar-refractivity contribution in [3.8, 4) is 6.01 Å². The van der Waals surface area contributed by atoms with E-state index >= 15 is 0 Å². The highest BCUT2D eigenvalue weighted by Crippen LogP contribution is 2.14. The van der Waals surface area contributed by atoms with E-state index in [0.29, 0.717) is 12.6 Å². The average molecular weight is 260 g/mol. The molecule has 0 N–H and O–H groups in total. The Morgan fingerprint density at radius 2 is 2.21 bits per heavy atom.